The van der Waals surface area contributed by atoms with E-state index in [-0.39, 0.29) is 21.9 Å². The Kier molecular flexibility index (Phi) is 4.09. The molecule has 4 aromatic rings. The second-order valence-corrected chi connectivity index (χ2v) is 9.14. The third-order valence-corrected chi connectivity index (χ3v) is 6.85. The number of aromatic nitrogens is 4. The molecule has 0 spiro atoms. The van der Waals surface area contributed by atoms with Gasteiger partial charge in [0, 0.05) is 11.6 Å². The average Bonchev–Trinajstić information content (AvgIpc) is 3.49. The van der Waals surface area contributed by atoms with Gasteiger partial charge in [0.15, 0.2) is 0 Å². The molecule has 0 atom stereocenters. The van der Waals surface area contributed by atoms with Crippen molar-refractivity contribution in [1.82, 2.24) is 19.6 Å². The van der Waals surface area contributed by atoms with E-state index < -0.39 is 9.84 Å². The number of nitrogens with zero attached hydrogens (tertiary/aromatic N) is 4. The largest absolute Gasteiger partial charge is 0.274 e. The van der Waals surface area contributed by atoms with Crippen molar-refractivity contribution in [2.24, 2.45) is 0 Å². The van der Waals surface area contributed by atoms with Crippen LogP contribution in [0.3, 0.4) is 0 Å². The predicted molar refractivity (Wildman–Crippen MR) is 107 cm³/mol. The fourth-order valence-electron chi connectivity index (χ4n) is 3.34. The molecule has 1 aliphatic rings. The maximum absolute atomic E-state index is 12.8. The lowest BCUT2D eigenvalue weighted by atomic mass is 10.2. The number of hydrogen-bond donors (Lipinski definition) is 0. The van der Waals surface area contributed by atoms with Crippen LogP contribution in [0.1, 0.15) is 24.6 Å². The van der Waals surface area contributed by atoms with Crippen molar-refractivity contribution in [2.75, 3.05) is 0 Å². The summed E-state index contributed by atoms with van der Waals surface area (Å²) in [5.74, 6) is 0. The Balaban J connectivity index is 1.50. The molecule has 0 aliphatic heterocycles. The van der Waals surface area contributed by atoms with Crippen molar-refractivity contribution >= 4 is 20.6 Å². The van der Waals surface area contributed by atoms with E-state index in [2.05, 4.69) is 10.2 Å². The Morgan fingerprint density at radius 1 is 1.00 bits per heavy atom. The van der Waals surface area contributed by atoms with Gasteiger partial charge in [0.2, 0.25) is 9.84 Å². The highest BCUT2D eigenvalue weighted by atomic mass is 32.2. The van der Waals surface area contributed by atoms with E-state index in [1.54, 1.807) is 36.4 Å². The fraction of sp³-hybridized carbons (Fsp3) is 0.190. The first kappa shape index (κ1) is 17.8. The van der Waals surface area contributed by atoms with Crippen LogP contribution in [0, 0.1) is 0 Å². The molecule has 0 unspecified atom stereocenters. The third-order valence-electron chi connectivity index (χ3n) is 5.08. The molecular weight excluding hydrogens is 388 g/mol. The minimum absolute atomic E-state index is 0.137. The van der Waals surface area contributed by atoms with Crippen LogP contribution in [0.15, 0.2) is 81.6 Å². The molecule has 2 heterocycles. The summed E-state index contributed by atoms with van der Waals surface area (Å²) in [6.45, 7) is 0.276. The second-order valence-electron chi connectivity index (χ2n) is 7.19. The second kappa shape index (κ2) is 6.66. The molecule has 7 nitrogen and oxygen atoms in total. The molecular formula is C21H18N4O3S. The Hall–Kier alpha value is -3.26. The highest BCUT2D eigenvalue weighted by molar-refractivity contribution is 7.91. The van der Waals surface area contributed by atoms with E-state index in [1.165, 1.54) is 23.0 Å². The molecule has 0 radical (unpaired) electrons. The summed E-state index contributed by atoms with van der Waals surface area (Å²) in [5.41, 5.74) is 0.501. The van der Waals surface area contributed by atoms with Crippen molar-refractivity contribution in [1.29, 1.82) is 0 Å². The number of sulfone groups is 1. The lowest BCUT2D eigenvalue weighted by Gasteiger charge is -2.08. The Bertz CT molecular complexity index is 1370. The molecule has 0 bridgehead atoms. The topological polar surface area (TPSA) is 86.9 Å². The lowest BCUT2D eigenvalue weighted by molar-refractivity contribution is 0.592. The third kappa shape index (κ3) is 3.25. The van der Waals surface area contributed by atoms with E-state index in [1.807, 2.05) is 16.9 Å². The van der Waals surface area contributed by atoms with Gasteiger partial charge < -0.3 is 0 Å². The first-order chi connectivity index (χ1) is 14.0. The highest BCUT2D eigenvalue weighted by Gasteiger charge is 2.24. The van der Waals surface area contributed by atoms with Gasteiger partial charge in [-0.2, -0.15) is 10.2 Å². The molecule has 29 heavy (non-hydrogen) atoms. The quantitative estimate of drug-likeness (QED) is 0.509. The van der Waals surface area contributed by atoms with Gasteiger partial charge >= 0.3 is 0 Å². The van der Waals surface area contributed by atoms with Crippen molar-refractivity contribution in [2.45, 2.75) is 35.2 Å². The normalized spacial score (nSPS) is 14.3. The van der Waals surface area contributed by atoms with Gasteiger partial charge in [-0.3, -0.25) is 9.48 Å². The van der Waals surface area contributed by atoms with Crippen LogP contribution in [0.2, 0.25) is 0 Å². The predicted octanol–water partition coefficient (Wildman–Crippen LogP) is 2.81. The van der Waals surface area contributed by atoms with Crippen LogP contribution < -0.4 is 5.56 Å². The van der Waals surface area contributed by atoms with Crippen LogP contribution in [0.5, 0.6) is 0 Å². The van der Waals surface area contributed by atoms with E-state index in [9.17, 15) is 13.2 Å². The minimum atomic E-state index is -3.65. The molecule has 8 heteroatoms. The summed E-state index contributed by atoms with van der Waals surface area (Å²) in [7, 11) is -3.65. The maximum Gasteiger partial charge on any atom is 0.274 e. The summed E-state index contributed by atoms with van der Waals surface area (Å²) in [4.78, 5) is 13.2. The molecule has 1 aliphatic carbocycles. The number of rotatable bonds is 5. The zero-order chi connectivity index (χ0) is 20.0. The van der Waals surface area contributed by atoms with Crippen LogP contribution in [-0.2, 0) is 16.4 Å². The summed E-state index contributed by atoms with van der Waals surface area (Å²) in [6, 6.07) is 15.1. The average molecular weight is 406 g/mol. The highest BCUT2D eigenvalue weighted by Crippen LogP contribution is 2.33. The number of fused-ring (bicyclic) bond motifs is 1. The summed E-state index contributed by atoms with van der Waals surface area (Å²) in [6.07, 6.45) is 5.74. The Labute approximate surface area is 167 Å². The first-order valence-electron chi connectivity index (χ1n) is 9.36. The molecule has 1 fully saturated rings. The SMILES string of the molecule is O=c1c2ccc(S(=O)(=O)c3ccccc3)cc2cnn1Cc1ccn(C2CC2)n1. The standard InChI is InChI=1S/C21H18N4O3S/c26-21-20-9-8-19(29(27,28)18-4-2-1-3-5-18)12-15(20)13-22-25(21)14-16-10-11-24(23-16)17-6-7-17/h1-5,8-13,17H,6-7,14H2. The van der Waals surface area contributed by atoms with Crippen LogP contribution in [-0.4, -0.2) is 28.0 Å². The van der Waals surface area contributed by atoms with E-state index in [0.717, 1.165) is 18.5 Å². The van der Waals surface area contributed by atoms with Gasteiger partial charge in [-0.05, 0) is 49.2 Å². The molecule has 0 saturated heterocycles. The zero-order valence-corrected chi connectivity index (χ0v) is 16.3. The molecule has 0 N–H and O–H groups in total. The summed E-state index contributed by atoms with van der Waals surface area (Å²) >= 11 is 0. The van der Waals surface area contributed by atoms with Gasteiger partial charge in [0.25, 0.3) is 5.56 Å². The van der Waals surface area contributed by atoms with Gasteiger partial charge in [-0.15, -0.1) is 0 Å². The summed E-state index contributed by atoms with van der Waals surface area (Å²) in [5, 5.41) is 9.65. The van der Waals surface area contributed by atoms with Crippen molar-refractivity contribution in [3.05, 3.63) is 83.0 Å². The van der Waals surface area contributed by atoms with Gasteiger partial charge in [0.05, 0.1) is 39.7 Å². The molecule has 1 saturated carbocycles. The number of benzene rings is 2. The van der Waals surface area contributed by atoms with E-state index in [4.69, 9.17) is 0 Å². The van der Waals surface area contributed by atoms with Crippen molar-refractivity contribution in [3.63, 3.8) is 0 Å². The maximum atomic E-state index is 12.8. The van der Waals surface area contributed by atoms with E-state index >= 15 is 0 Å². The molecule has 0 amide bonds. The van der Waals surface area contributed by atoms with Crippen LogP contribution in [0.25, 0.3) is 10.8 Å². The Morgan fingerprint density at radius 2 is 1.79 bits per heavy atom. The van der Waals surface area contributed by atoms with Gasteiger partial charge in [-0.25, -0.2) is 13.1 Å². The smallest absolute Gasteiger partial charge is 0.269 e. The zero-order valence-electron chi connectivity index (χ0n) is 15.5. The Morgan fingerprint density at radius 3 is 2.55 bits per heavy atom. The first-order valence-corrected chi connectivity index (χ1v) is 10.8. The fourth-order valence-corrected chi connectivity index (χ4v) is 4.66. The van der Waals surface area contributed by atoms with Crippen LogP contribution >= 0.6 is 0 Å². The molecule has 146 valence electrons. The lowest BCUT2D eigenvalue weighted by Crippen LogP contribution is -2.23. The number of hydrogen-bond acceptors (Lipinski definition) is 5. The van der Waals surface area contributed by atoms with Gasteiger partial charge in [-0.1, -0.05) is 18.2 Å². The van der Waals surface area contributed by atoms with Gasteiger partial charge in [0.1, 0.15) is 0 Å². The van der Waals surface area contributed by atoms with E-state index in [0.29, 0.717) is 16.8 Å². The van der Waals surface area contributed by atoms with Crippen molar-refractivity contribution < 1.29 is 8.42 Å². The van der Waals surface area contributed by atoms with Crippen molar-refractivity contribution in [3.8, 4) is 0 Å². The minimum Gasteiger partial charge on any atom is -0.269 e. The molecule has 2 aromatic carbocycles. The van der Waals surface area contributed by atoms with Crippen LogP contribution in [0.4, 0.5) is 0 Å². The molecule has 2 aromatic heterocycles. The molecule has 5 rings (SSSR count). The summed E-state index contributed by atoms with van der Waals surface area (Å²) < 4.78 is 28.9. The monoisotopic (exact) mass is 406 g/mol.